The van der Waals surface area contributed by atoms with Crippen LogP contribution in [0, 0.1) is 0 Å². The SMILES string of the molecule is O=C(Cc1coc2cc(O)ccc2c1=O)c1ccc(O)cc1. The predicted molar refractivity (Wildman–Crippen MR) is 80.3 cm³/mol. The molecule has 2 N–H and O–H groups in total. The summed E-state index contributed by atoms with van der Waals surface area (Å²) in [5, 5.41) is 18.9. The minimum Gasteiger partial charge on any atom is -0.508 e. The maximum atomic E-state index is 12.3. The number of phenols is 2. The Labute approximate surface area is 125 Å². The zero-order valence-corrected chi connectivity index (χ0v) is 11.4. The van der Waals surface area contributed by atoms with Crippen molar-refractivity contribution in [2.24, 2.45) is 0 Å². The van der Waals surface area contributed by atoms with E-state index in [1.54, 1.807) is 0 Å². The molecule has 0 aliphatic rings. The lowest BCUT2D eigenvalue weighted by Crippen LogP contribution is -2.14. The predicted octanol–water partition coefficient (Wildman–Crippen LogP) is 2.63. The number of rotatable bonds is 3. The van der Waals surface area contributed by atoms with Crippen LogP contribution in [0.25, 0.3) is 11.0 Å². The number of ketones is 1. The number of carbonyl (C=O) groups is 1. The van der Waals surface area contributed by atoms with Gasteiger partial charge in [0, 0.05) is 23.6 Å². The van der Waals surface area contributed by atoms with E-state index in [1.807, 2.05) is 0 Å². The highest BCUT2D eigenvalue weighted by molar-refractivity contribution is 5.97. The lowest BCUT2D eigenvalue weighted by Gasteiger charge is -2.03. The molecule has 0 aliphatic heterocycles. The fraction of sp³-hybridized carbons (Fsp3) is 0.0588. The van der Waals surface area contributed by atoms with Gasteiger partial charge in [-0.3, -0.25) is 9.59 Å². The summed E-state index contributed by atoms with van der Waals surface area (Å²) < 4.78 is 5.31. The second-order valence-electron chi connectivity index (χ2n) is 4.92. The van der Waals surface area contributed by atoms with Crippen LogP contribution in [0.5, 0.6) is 11.5 Å². The van der Waals surface area contributed by atoms with Gasteiger partial charge in [0.1, 0.15) is 17.1 Å². The summed E-state index contributed by atoms with van der Waals surface area (Å²) in [7, 11) is 0. The van der Waals surface area contributed by atoms with Gasteiger partial charge in [-0.15, -0.1) is 0 Å². The summed E-state index contributed by atoms with van der Waals surface area (Å²) in [6.45, 7) is 0. The van der Waals surface area contributed by atoms with E-state index in [2.05, 4.69) is 0 Å². The summed E-state index contributed by atoms with van der Waals surface area (Å²) in [6, 6.07) is 10.0. The molecule has 1 aromatic heterocycles. The molecule has 0 spiro atoms. The van der Waals surface area contributed by atoms with Gasteiger partial charge in [-0.1, -0.05) is 0 Å². The van der Waals surface area contributed by atoms with Crippen molar-refractivity contribution in [1.82, 2.24) is 0 Å². The molecule has 2 aromatic carbocycles. The number of phenolic OH excluding ortho intramolecular Hbond substituents is 2. The van der Waals surface area contributed by atoms with Gasteiger partial charge >= 0.3 is 0 Å². The number of fused-ring (bicyclic) bond motifs is 1. The van der Waals surface area contributed by atoms with Gasteiger partial charge in [0.05, 0.1) is 11.6 Å². The number of aromatic hydroxyl groups is 2. The van der Waals surface area contributed by atoms with Crippen molar-refractivity contribution < 1.29 is 19.4 Å². The summed E-state index contributed by atoms with van der Waals surface area (Å²) in [5.74, 6) is -0.171. The zero-order chi connectivity index (χ0) is 15.7. The zero-order valence-electron chi connectivity index (χ0n) is 11.4. The molecular weight excluding hydrogens is 284 g/mol. The highest BCUT2D eigenvalue weighted by Crippen LogP contribution is 2.18. The standard InChI is InChI=1S/C17H12O5/c18-12-3-1-10(2-4-12)15(20)7-11-9-22-16-8-13(19)5-6-14(16)17(11)21/h1-6,8-9,18-19H,7H2. The summed E-state index contributed by atoms with van der Waals surface area (Å²) in [4.78, 5) is 24.5. The quantitative estimate of drug-likeness (QED) is 0.725. The average Bonchev–Trinajstić information content (AvgIpc) is 2.50. The van der Waals surface area contributed by atoms with Crippen molar-refractivity contribution in [3.8, 4) is 11.5 Å². The molecule has 0 bridgehead atoms. The Morgan fingerprint density at radius 1 is 1.00 bits per heavy atom. The van der Waals surface area contributed by atoms with Crippen LogP contribution in [0.2, 0.25) is 0 Å². The van der Waals surface area contributed by atoms with E-state index in [9.17, 15) is 19.8 Å². The van der Waals surface area contributed by atoms with Crippen molar-refractivity contribution in [2.45, 2.75) is 6.42 Å². The van der Waals surface area contributed by atoms with Crippen molar-refractivity contribution in [2.75, 3.05) is 0 Å². The molecule has 0 aliphatic carbocycles. The normalized spacial score (nSPS) is 10.7. The Bertz CT molecular complexity index is 906. The molecule has 1 heterocycles. The summed E-state index contributed by atoms with van der Waals surface area (Å²) >= 11 is 0. The van der Waals surface area contributed by atoms with Crippen LogP contribution in [0.4, 0.5) is 0 Å². The van der Waals surface area contributed by atoms with Crippen LogP contribution in [-0.2, 0) is 6.42 Å². The third-order valence-corrected chi connectivity index (χ3v) is 3.37. The largest absolute Gasteiger partial charge is 0.508 e. The fourth-order valence-corrected chi connectivity index (χ4v) is 2.20. The molecule has 0 fully saturated rings. The molecule has 0 atom stereocenters. The molecule has 22 heavy (non-hydrogen) atoms. The molecule has 0 saturated heterocycles. The van der Waals surface area contributed by atoms with E-state index < -0.39 is 0 Å². The molecule has 0 unspecified atom stereocenters. The molecule has 5 nitrogen and oxygen atoms in total. The Morgan fingerprint density at radius 3 is 2.41 bits per heavy atom. The van der Waals surface area contributed by atoms with E-state index in [-0.39, 0.29) is 40.3 Å². The molecule has 110 valence electrons. The topological polar surface area (TPSA) is 87.7 Å². The minimum absolute atomic E-state index is 0.00331. The van der Waals surface area contributed by atoms with Crippen LogP contribution in [0.3, 0.4) is 0 Å². The Morgan fingerprint density at radius 2 is 1.68 bits per heavy atom. The highest BCUT2D eigenvalue weighted by Gasteiger charge is 2.13. The number of hydrogen-bond acceptors (Lipinski definition) is 5. The van der Waals surface area contributed by atoms with Gasteiger partial charge in [-0.05, 0) is 36.4 Å². The highest BCUT2D eigenvalue weighted by atomic mass is 16.3. The van der Waals surface area contributed by atoms with E-state index in [1.165, 1.54) is 48.7 Å². The smallest absolute Gasteiger partial charge is 0.196 e. The van der Waals surface area contributed by atoms with Crippen molar-refractivity contribution in [1.29, 1.82) is 0 Å². The first-order chi connectivity index (χ1) is 10.5. The number of hydrogen-bond donors (Lipinski definition) is 2. The second kappa shape index (κ2) is 5.37. The fourth-order valence-electron chi connectivity index (χ4n) is 2.20. The summed E-state index contributed by atoms with van der Waals surface area (Å²) in [6.07, 6.45) is 1.15. The van der Waals surface area contributed by atoms with Gasteiger partial charge in [0.25, 0.3) is 0 Å². The molecule has 0 radical (unpaired) electrons. The first-order valence-electron chi connectivity index (χ1n) is 6.60. The lowest BCUT2D eigenvalue weighted by atomic mass is 10.0. The average molecular weight is 296 g/mol. The van der Waals surface area contributed by atoms with Crippen molar-refractivity contribution in [3.63, 3.8) is 0 Å². The van der Waals surface area contributed by atoms with Crippen LogP contribution in [0.15, 0.2) is 57.9 Å². The van der Waals surface area contributed by atoms with Gasteiger partial charge in [-0.25, -0.2) is 0 Å². The van der Waals surface area contributed by atoms with Gasteiger partial charge in [0.15, 0.2) is 11.2 Å². The molecule has 3 rings (SSSR count). The molecule has 0 amide bonds. The maximum Gasteiger partial charge on any atom is 0.196 e. The lowest BCUT2D eigenvalue weighted by molar-refractivity contribution is 0.0992. The van der Waals surface area contributed by atoms with Crippen LogP contribution in [-0.4, -0.2) is 16.0 Å². The van der Waals surface area contributed by atoms with Crippen LogP contribution in [0.1, 0.15) is 15.9 Å². The minimum atomic E-state index is -0.298. The Kier molecular flexibility index (Phi) is 3.39. The van der Waals surface area contributed by atoms with Gasteiger partial charge in [0.2, 0.25) is 0 Å². The van der Waals surface area contributed by atoms with Gasteiger partial charge < -0.3 is 14.6 Å². The van der Waals surface area contributed by atoms with Crippen LogP contribution >= 0.6 is 0 Å². The van der Waals surface area contributed by atoms with E-state index >= 15 is 0 Å². The third kappa shape index (κ3) is 2.56. The maximum absolute atomic E-state index is 12.3. The third-order valence-electron chi connectivity index (χ3n) is 3.37. The van der Waals surface area contributed by atoms with E-state index in [4.69, 9.17) is 4.42 Å². The molecule has 5 heteroatoms. The number of benzene rings is 2. The summed E-state index contributed by atoms with van der Waals surface area (Å²) in [5.41, 5.74) is 0.624. The monoisotopic (exact) mass is 296 g/mol. The van der Waals surface area contributed by atoms with Gasteiger partial charge in [-0.2, -0.15) is 0 Å². The first-order valence-corrected chi connectivity index (χ1v) is 6.60. The van der Waals surface area contributed by atoms with E-state index in [0.29, 0.717) is 10.9 Å². The van der Waals surface area contributed by atoms with Crippen molar-refractivity contribution in [3.05, 3.63) is 70.1 Å². The first kappa shape index (κ1) is 13.9. The second-order valence-corrected chi connectivity index (χ2v) is 4.92. The number of Topliss-reactive ketones (excluding diaryl/α,β-unsaturated/α-hetero) is 1. The Hall–Kier alpha value is -3.08. The van der Waals surface area contributed by atoms with Crippen LogP contribution < -0.4 is 5.43 Å². The number of carbonyl (C=O) groups excluding carboxylic acids is 1. The Balaban J connectivity index is 1.95. The molecule has 3 aromatic rings. The van der Waals surface area contributed by atoms with E-state index in [0.717, 1.165) is 0 Å². The molecular formula is C17H12O5. The molecule has 0 saturated carbocycles. The van der Waals surface area contributed by atoms with Crippen molar-refractivity contribution >= 4 is 16.8 Å².